The van der Waals surface area contributed by atoms with Crippen LogP contribution >= 0.6 is 20.4 Å². The van der Waals surface area contributed by atoms with Crippen LogP contribution in [0.2, 0.25) is 5.02 Å². The number of rotatable bonds is 6. The van der Waals surface area contributed by atoms with Crippen molar-refractivity contribution in [3.05, 3.63) is 116 Å². The maximum absolute atomic E-state index is 12.8. The van der Waals surface area contributed by atoms with Gasteiger partial charge in [-0.15, -0.1) is 0 Å². The first kappa shape index (κ1) is 22.9. The number of hydrogen-bond acceptors (Lipinski definition) is 5. The van der Waals surface area contributed by atoms with Crippen LogP contribution < -0.4 is 10.9 Å². The summed E-state index contributed by atoms with van der Waals surface area (Å²) in [7, 11) is -0.708. The van der Waals surface area contributed by atoms with Crippen molar-refractivity contribution in [2.45, 2.75) is 6.42 Å². The average Bonchev–Trinajstić information content (AvgIpc) is 3.21. The molecule has 35 heavy (non-hydrogen) atoms. The Balaban J connectivity index is 1.79. The fraction of sp³-hybridized carbons (Fsp3) is 0.0400. The van der Waals surface area contributed by atoms with E-state index in [1.54, 1.807) is 16.6 Å². The van der Waals surface area contributed by atoms with Gasteiger partial charge in [-0.25, -0.2) is 4.52 Å². The highest BCUT2D eigenvalue weighted by molar-refractivity contribution is 7.41. The first-order valence-corrected chi connectivity index (χ1v) is 11.9. The molecule has 0 spiro atoms. The quantitative estimate of drug-likeness (QED) is 0.197. The van der Waals surface area contributed by atoms with Gasteiger partial charge in [0.2, 0.25) is 0 Å². The molecule has 0 saturated carbocycles. The van der Waals surface area contributed by atoms with E-state index in [0.717, 1.165) is 22.4 Å². The lowest BCUT2D eigenvalue weighted by atomic mass is 10.0. The number of hydrogen-bond donors (Lipinski definition) is 2. The van der Waals surface area contributed by atoms with Gasteiger partial charge in [0.05, 0.1) is 16.3 Å². The molecule has 0 radical (unpaired) electrons. The average molecular weight is 505 g/mol. The van der Waals surface area contributed by atoms with Gasteiger partial charge in [0, 0.05) is 54.9 Å². The molecule has 1 atom stereocenters. The van der Waals surface area contributed by atoms with Crippen molar-refractivity contribution in [1.82, 2.24) is 14.6 Å². The second-order valence-corrected chi connectivity index (χ2v) is 9.07. The van der Waals surface area contributed by atoms with Gasteiger partial charge in [-0.05, 0) is 29.3 Å². The van der Waals surface area contributed by atoms with Gasteiger partial charge in [0.15, 0.2) is 0 Å². The third-order valence-corrected chi connectivity index (χ3v) is 6.56. The number of aromatic amines is 1. The molecule has 8 nitrogen and oxygen atoms in total. The number of halogens is 1. The Bertz CT molecular complexity index is 1620. The molecule has 174 valence electrons. The summed E-state index contributed by atoms with van der Waals surface area (Å²) in [6, 6.07) is 22.7. The van der Waals surface area contributed by atoms with Crippen LogP contribution in [0.25, 0.3) is 28.0 Å². The Morgan fingerprint density at radius 3 is 2.49 bits per heavy atom. The van der Waals surface area contributed by atoms with Crippen molar-refractivity contribution in [2.75, 3.05) is 0 Å². The highest BCUT2D eigenvalue weighted by atomic mass is 35.5. The van der Waals surface area contributed by atoms with Crippen LogP contribution in [0.15, 0.2) is 83.7 Å². The highest BCUT2D eigenvalue weighted by Gasteiger charge is 2.21. The molecule has 2 N–H and O–H groups in total. The first-order chi connectivity index (χ1) is 16.9. The molecule has 0 bridgehead atoms. The van der Waals surface area contributed by atoms with E-state index in [1.165, 1.54) is 24.3 Å². The molecule has 0 aliphatic carbocycles. The predicted octanol–water partition coefficient (Wildman–Crippen LogP) is 4.72. The van der Waals surface area contributed by atoms with Gasteiger partial charge in [0.25, 0.3) is 11.2 Å². The van der Waals surface area contributed by atoms with E-state index in [1.807, 2.05) is 42.5 Å². The molecular weight excluding hydrogens is 487 g/mol. The molecule has 0 aliphatic heterocycles. The molecule has 3 aromatic carbocycles. The Kier molecular flexibility index (Phi) is 6.17. The topological polar surface area (TPSA) is 114 Å². The standard InChI is InChI=1S/C25H18ClN4O4P/c26-17-8-6-16(7-9-17)24-20(12-15-4-2-1-3-5-15)28-29-21(14-23(31)27-25(24)29)19-11-10-18(30(32)33)13-22(19)35-34/h1-11,13-14,34-35H,12H2,(H,27,31). The van der Waals surface area contributed by atoms with Gasteiger partial charge in [0.1, 0.15) is 5.65 Å². The van der Waals surface area contributed by atoms with Crippen LogP contribution in [-0.2, 0) is 6.42 Å². The zero-order valence-electron chi connectivity index (χ0n) is 18.1. The number of nitro benzene ring substituents is 1. The Labute approximate surface area is 205 Å². The number of fused-ring (bicyclic) bond motifs is 1. The minimum atomic E-state index is -0.708. The lowest BCUT2D eigenvalue weighted by molar-refractivity contribution is -0.384. The van der Waals surface area contributed by atoms with Gasteiger partial charge in [-0.3, -0.25) is 14.9 Å². The number of H-pyrrole nitrogens is 1. The monoisotopic (exact) mass is 504 g/mol. The summed E-state index contributed by atoms with van der Waals surface area (Å²) < 4.78 is 1.62. The molecule has 5 aromatic rings. The molecule has 0 aliphatic rings. The van der Waals surface area contributed by atoms with E-state index in [-0.39, 0.29) is 11.2 Å². The summed E-state index contributed by atoms with van der Waals surface area (Å²) in [6.07, 6.45) is 0.511. The summed E-state index contributed by atoms with van der Waals surface area (Å²) in [5.74, 6) is 0. The van der Waals surface area contributed by atoms with Crippen LogP contribution in [0.3, 0.4) is 0 Å². The molecule has 0 amide bonds. The maximum Gasteiger partial charge on any atom is 0.270 e. The smallest absolute Gasteiger partial charge is 0.270 e. The summed E-state index contributed by atoms with van der Waals surface area (Å²) >= 11 is 6.11. The lowest BCUT2D eigenvalue weighted by Gasteiger charge is -2.09. The van der Waals surface area contributed by atoms with E-state index in [4.69, 9.17) is 16.7 Å². The molecule has 2 heterocycles. The highest BCUT2D eigenvalue weighted by Crippen LogP contribution is 2.32. The fourth-order valence-corrected chi connectivity index (χ4v) is 4.75. The van der Waals surface area contributed by atoms with Crippen LogP contribution in [0.4, 0.5) is 5.69 Å². The first-order valence-electron chi connectivity index (χ1n) is 10.6. The number of non-ortho nitro benzene ring substituents is 1. The SMILES string of the molecule is O=c1cc(-c2ccc([N+](=O)[O-])cc2PO)n2nc(Cc3ccccc3)c(-c3ccc(Cl)cc3)c2[nH]1. The maximum atomic E-state index is 12.8. The van der Waals surface area contributed by atoms with Crippen molar-refractivity contribution in [3.63, 3.8) is 0 Å². The number of aromatic nitrogens is 3. The molecule has 5 rings (SSSR count). The number of nitro groups is 1. The molecule has 10 heteroatoms. The van der Waals surface area contributed by atoms with Crippen molar-refractivity contribution in [1.29, 1.82) is 0 Å². The summed E-state index contributed by atoms with van der Waals surface area (Å²) in [5.41, 5.74) is 4.24. The number of nitrogens with zero attached hydrogens (tertiary/aromatic N) is 3. The van der Waals surface area contributed by atoms with Gasteiger partial charge in [-0.1, -0.05) is 54.1 Å². The van der Waals surface area contributed by atoms with Gasteiger partial charge < -0.3 is 9.88 Å². The fourth-order valence-electron chi connectivity index (χ4n) is 4.08. The third kappa shape index (κ3) is 4.47. The van der Waals surface area contributed by atoms with Crippen LogP contribution in [0, 0.1) is 10.1 Å². The Morgan fingerprint density at radius 2 is 1.80 bits per heavy atom. The number of benzene rings is 3. The minimum absolute atomic E-state index is 0.140. The van der Waals surface area contributed by atoms with Crippen LogP contribution in [-0.4, -0.2) is 24.4 Å². The largest absolute Gasteiger partial charge is 0.372 e. The van der Waals surface area contributed by atoms with Crippen LogP contribution in [0.1, 0.15) is 11.3 Å². The molecule has 0 saturated heterocycles. The second-order valence-electron chi connectivity index (χ2n) is 7.87. The number of nitrogens with one attached hydrogen (secondary N) is 1. The van der Waals surface area contributed by atoms with Crippen molar-refractivity contribution < 1.29 is 9.82 Å². The van der Waals surface area contributed by atoms with Crippen molar-refractivity contribution >= 4 is 37.0 Å². The minimum Gasteiger partial charge on any atom is -0.372 e. The Hall–Kier alpha value is -3.84. The van der Waals surface area contributed by atoms with E-state index in [0.29, 0.717) is 33.7 Å². The summed E-state index contributed by atoms with van der Waals surface area (Å²) in [5, 5.41) is 17.0. The van der Waals surface area contributed by atoms with E-state index in [2.05, 4.69) is 4.98 Å². The molecule has 1 unspecified atom stereocenters. The zero-order chi connectivity index (χ0) is 24.5. The summed E-state index contributed by atoms with van der Waals surface area (Å²) in [4.78, 5) is 36.3. The van der Waals surface area contributed by atoms with Crippen LogP contribution in [0.5, 0.6) is 0 Å². The van der Waals surface area contributed by atoms with Gasteiger partial charge in [-0.2, -0.15) is 5.10 Å². The molecule has 2 aromatic heterocycles. The predicted molar refractivity (Wildman–Crippen MR) is 138 cm³/mol. The van der Waals surface area contributed by atoms with E-state index >= 15 is 0 Å². The zero-order valence-corrected chi connectivity index (χ0v) is 19.9. The molecule has 0 fully saturated rings. The van der Waals surface area contributed by atoms with Crippen molar-refractivity contribution in [2.24, 2.45) is 0 Å². The van der Waals surface area contributed by atoms with E-state index < -0.39 is 13.7 Å². The normalized spacial score (nSPS) is 11.5. The molecular formula is C25H18ClN4O4P. The van der Waals surface area contributed by atoms with Crippen molar-refractivity contribution in [3.8, 4) is 22.4 Å². The third-order valence-electron chi connectivity index (χ3n) is 5.65. The summed E-state index contributed by atoms with van der Waals surface area (Å²) in [6.45, 7) is 0. The van der Waals surface area contributed by atoms with Gasteiger partial charge >= 0.3 is 0 Å². The Morgan fingerprint density at radius 1 is 1.06 bits per heavy atom. The lowest BCUT2D eigenvalue weighted by Crippen LogP contribution is -2.13. The second kappa shape index (κ2) is 9.43. The van der Waals surface area contributed by atoms with E-state index in [9.17, 15) is 19.8 Å².